The third-order valence-electron chi connectivity index (χ3n) is 4.45. The number of alkyl halides is 3. The van der Waals surface area contributed by atoms with Crippen LogP contribution in [-0.4, -0.2) is 65.3 Å². The summed E-state index contributed by atoms with van der Waals surface area (Å²) in [7, 11) is -9.35. The molecule has 0 aliphatic carbocycles. The predicted molar refractivity (Wildman–Crippen MR) is 102 cm³/mol. The number of carbonyl (C=O) groups excluding carboxylic acids is 1. The van der Waals surface area contributed by atoms with E-state index in [1.54, 1.807) is 0 Å². The highest BCUT2D eigenvalue weighted by atomic mass is 32.5. The smallest absolute Gasteiger partial charge is 0.475 e. The molecule has 1 aliphatic rings. The second-order valence-electron chi connectivity index (χ2n) is 7.28. The molecule has 0 fully saturated rings. The fraction of sp³-hybridized carbons (Fsp3) is 0.471. The minimum absolute atomic E-state index is 0.0232. The second-order valence-corrected chi connectivity index (χ2v) is 9.69. The lowest BCUT2D eigenvalue weighted by molar-refractivity contribution is -0.976. The number of ether oxygens (including phenoxy) is 2. The summed E-state index contributed by atoms with van der Waals surface area (Å²) in [5.41, 5.74) is -2.95. The standard InChI is InChI=1S/C17H19F8N2O8S/c1-3-9-4-12(36(21,22,23,24)25)5-10-6-13(15(17(18,19)20)35-14(9)10)16(28)34-11(7-32-26(2)29)8-33-27(30)31/h4-6,11,15,29H,3,7-8H2,1-2H3,(H,30,31)/q+1/t11?,15-/m0/s1. The monoisotopic (exact) mass is 563 g/mol. The van der Waals surface area contributed by atoms with Crippen LogP contribution in [0.5, 0.6) is 5.75 Å². The molecule has 0 spiro atoms. The summed E-state index contributed by atoms with van der Waals surface area (Å²) in [4.78, 5) is 29.3. The van der Waals surface area contributed by atoms with E-state index in [0.29, 0.717) is 0 Å². The Morgan fingerprint density at radius 3 is 2.31 bits per heavy atom. The average molecular weight is 563 g/mol. The molecule has 1 aliphatic heterocycles. The van der Waals surface area contributed by atoms with Crippen molar-refractivity contribution in [3.8, 4) is 5.75 Å². The van der Waals surface area contributed by atoms with Crippen LogP contribution in [0.4, 0.5) is 32.6 Å². The van der Waals surface area contributed by atoms with E-state index in [1.165, 1.54) is 6.92 Å². The quantitative estimate of drug-likeness (QED) is 0.233. The molecule has 1 heterocycles. The lowest BCUT2D eigenvalue weighted by Gasteiger charge is -2.41. The lowest BCUT2D eigenvalue weighted by atomic mass is 9.98. The Labute approximate surface area is 196 Å². The van der Waals surface area contributed by atoms with Gasteiger partial charge in [0.05, 0.1) is 5.57 Å². The lowest BCUT2D eigenvalue weighted by Crippen LogP contribution is -2.42. The molecule has 206 valence electrons. The fourth-order valence-corrected chi connectivity index (χ4v) is 3.64. The van der Waals surface area contributed by atoms with Gasteiger partial charge < -0.3 is 9.47 Å². The molecule has 1 aromatic rings. The molecule has 10 nitrogen and oxygen atoms in total. The summed E-state index contributed by atoms with van der Waals surface area (Å²) in [6.07, 6.45) is -10.3. The van der Waals surface area contributed by atoms with Gasteiger partial charge in [-0.3, -0.25) is 10.0 Å². The van der Waals surface area contributed by atoms with E-state index in [9.17, 15) is 42.3 Å². The van der Waals surface area contributed by atoms with Crippen molar-refractivity contribution < 1.29 is 72.0 Å². The predicted octanol–water partition coefficient (Wildman–Crippen LogP) is 4.88. The number of aryl methyl sites for hydroxylation is 1. The number of halogens is 8. The third-order valence-corrected chi connectivity index (χ3v) is 5.58. The van der Waals surface area contributed by atoms with Crippen molar-refractivity contribution in [3.05, 3.63) is 33.7 Å². The summed E-state index contributed by atoms with van der Waals surface area (Å²) < 4.78 is 117. The SMILES string of the molecule is CCc1cc(S(F)(F)(F)(F)F)cc2c1O[C@H](C(F)(F)F)C(C(=O)OC(CON(C)O)CO[N+](=O)O)=C2. The molecule has 0 aromatic heterocycles. The highest BCUT2D eigenvalue weighted by Gasteiger charge is 2.66. The molecule has 0 bridgehead atoms. The first-order valence-corrected chi connectivity index (χ1v) is 11.5. The van der Waals surface area contributed by atoms with Crippen LogP contribution in [0.1, 0.15) is 18.1 Å². The molecule has 2 N–H and O–H groups in total. The topological polar surface area (TPSA) is 118 Å². The normalized spacial score (nSPS) is 18.8. The number of fused-ring (bicyclic) bond motifs is 1. The summed E-state index contributed by atoms with van der Waals surface area (Å²) in [6, 6.07) is -0.175. The van der Waals surface area contributed by atoms with Crippen molar-refractivity contribution in [2.45, 2.75) is 36.6 Å². The summed E-state index contributed by atoms with van der Waals surface area (Å²) in [5.74, 6) is -2.67. The van der Waals surface area contributed by atoms with Crippen molar-refractivity contribution >= 4 is 22.3 Å². The minimum Gasteiger partial charge on any atom is -0.475 e. The van der Waals surface area contributed by atoms with E-state index in [-0.39, 0.29) is 23.4 Å². The Bertz CT molecular complexity index is 1060. The van der Waals surface area contributed by atoms with E-state index >= 15 is 0 Å². The van der Waals surface area contributed by atoms with Crippen LogP contribution in [0, 0.1) is 4.91 Å². The zero-order chi connectivity index (χ0) is 27.8. The van der Waals surface area contributed by atoms with Crippen LogP contribution in [0.3, 0.4) is 0 Å². The van der Waals surface area contributed by atoms with Gasteiger partial charge in [-0.25, -0.2) is 10.0 Å². The molecule has 0 amide bonds. The van der Waals surface area contributed by atoms with Gasteiger partial charge in [0.2, 0.25) is 12.7 Å². The van der Waals surface area contributed by atoms with Crippen LogP contribution >= 0.6 is 10.2 Å². The maximum Gasteiger partial charge on any atom is 0.475 e. The highest BCUT2D eigenvalue weighted by Crippen LogP contribution is 3.02. The van der Waals surface area contributed by atoms with Gasteiger partial charge in [-0.1, -0.05) is 31.6 Å². The van der Waals surface area contributed by atoms with Crippen LogP contribution < -0.4 is 4.74 Å². The van der Waals surface area contributed by atoms with Gasteiger partial charge in [0.1, 0.15) is 22.2 Å². The van der Waals surface area contributed by atoms with Crippen molar-refractivity contribution in [3.63, 3.8) is 0 Å². The molecule has 1 aromatic carbocycles. The number of hydroxylamine groups is 2. The Kier molecular flexibility index (Phi) is 7.49. The van der Waals surface area contributed by atoms with Gasteiger partial charge in [-0.05, 0) is 30.2 Å². The first-order chi connectivity index (χ1) is 16.1. The third kappa shape index (κ3) is 7.55. The van der Waals surface area contributed by atoms with Gasteiger partial charge in [0.15, 0.2) is 6.10 Å². The highest BCUT2D eigenvalue weighted by molar-refractivity contribution is 8.45. The molecule has 36 heavy (non-hydrogen) atoms. The zero-order valence-corrected chi connectivity index (χ0v) is 19.0. The number of rotatable bonds is 10. The molecule has 0 saturated carbocycles. The number of hydrogen-bond donors (Lipinski definition) is 2. The van der Waals surface area contributed by atoms with Crippen molar-refractivity contribution in [2.24, 2.45) is 0 Å². The fourth-order valence-electron chi connectivity index (χ4n) is 2.93. The minimum atomic E-state index is -10.3. The van der Waals surface area contributed by atoms with Gasteiger partial charge in [-0.2, -0.15) is 18.0 Å². The number of nitrogens with zero attached hydrogens (tertiary/aromatic N) is 2. The van der Waals surface area contributed by atoms with Crippen molar-refractivity contribution in [2.75, 3.05) is 20.3 Å². The van der Waals surface area contributed by atoms with Crippen LogP contribution in [0.2, 0.25) is 0 Å². The molecular weight excluding hydrogens is 544 g/mol. The zero-order valence-electron chi connectivity index (χ0n) is 18.2. The van der Waals surface area contributed by atoms with E-state index in [2.05, 4.69) is 9.68 Å². The molecule has 2 rings (SSSR count). The maximum atomic E-state index is 13.7. The summed E-state index contributed by atoms with van der Waals surface area (Å²) in [5, 5.41) is 16.5. The van der Waals surface area contributed by atoms with E-state index in [0.717, 1.165) is 7.05 Å². The Morgan fingerprint density at radius 2 is 1.83 bits per heavy atom. The molecular formula is C17H19F8N2O8S+. The van der Waals surface area contributed by atoms with E-state index < -0.39 is 86.6 Å². The Balaban J connectivity index is 2.57. The Morgan fingerprint density at radius 1 is 1.22 bits per heavy atom. The van der Waals surface area contributed by atoms with Gasteiger partial charge in [0, 0.05) is 12.6 Å². The first-order valence-electron chi connectivity index (χ1n) is 9.54. The summed E-state index contributed by atoms with van der Waals surface area (Å²) in [6.45, 7) is -0.675. The number of benzene rings is 1. The molecule has 0 radical (unpaired) electrons. The van der Waals surface area contributed by atoms with Gasteiger partial charge in [0.25, 0.3) is 0 Å². The molecule has 1 unspecified atom stereocenters. The van der Waals surface area contributed by atoms with Crippen molar-refractivity contribution in [1.82, 2.24) is 5.23 Å². The number of hydrogen-bond acceptors (Lipinski definition) is 8. The Hall–Kier alpha value is -2.90. The van der Waals surface area contributed by atoms with Gasteiger partial charge >= 0.3 is 27.5 Å². The number of esters is 1. The largest absolute Gasteiger partial charge is 0.475 e. The molecule has 19 heteroatoms. The number of carbonyl (C=O) groups is 1. The van der Waals surface area contributed by atoms with E-state index in [1.807, 2.05) is 0 Å². The average Bonchev–Trinajstić information content (AvgIpc) is 2.71. The maximum absolute atomic E-state index is 13.7. The molecule has 0 saturated heterocycles. The van der Waals surface area contributed by atoms with Crippen molar-refractivity contribution in [1.29, 1.82) is 0 Å². The van der Waals surface area contributed by atoms with Gasteiger partial charge in [-0.15, -0.1) is 0 Å². The van der Waals surface area contributed by atoms with E-state index in [4.69, 9.17) is 19.9 Å². The summed E-state index contributed by atoms with van der Waals surface area (Å²) >= 11 is 0. The van der Waals surface area contributed by atoms with Crippen LogP contribution in [0.25, 0.3) is 6.08 Å². The van der Waals surface area contributed by atoms with Crippen LogP contribution in [-0.2, 0) is 25.6 Å². The van der Waals surface area contributed by atoms with Crippen LogP contribution in [0.15, 0.2) is 22.6 Å². The first kappa shape index (κ1) is 29.3. The molecule has 2 atom stereocenters. The second kappa shape index (κ2) is 9.20.